The third kappa shape index (κ3) is 3.43. The summed E-state index contributed by atoms with van der Waals surface area (Å²) in [5.74, 6) is 0. The van der Waals surface area contributed by atoms with Crippen molar-refractivity contribution in [1.29, 1.82) is 0 Å². The molecule has 0 bridgehead atoms. The second-order valence-electron chi connectivity index (χ2n) is 3.96. The Morgan fingerprint density at radius 3 is 2.93 bits per heavy atom. The minimum atomic E-state index is 0.845. The second-order valence-corrected chi connectivity index (χ2v) is 4.88. The Balaban J connectivity index is 1.68. The van der Waals surface area contributed by atoms with Crippen molar-refractivity contribution in [1.82, 2.24) is 5.32 Å². The molecule has 0 radical (unpaired) electrons. The third-order valence-electron chi connectivity index (χ3n) is 2.54. The molecule has 0 amide bonds. The SMILES string of the molecule is Brc1cccc(CCCNC2CC2)c1. The first-order valence-electron chi connectivity index (χ1n) is 5.32. The average Bonchev–Trinajstić information content (AvgIpc) is 2.96. The van der Waals surface area contributed by atoms with Gasteiger partial charge in [0.1, 0.15) is 0 Å². The van der Waals surface area contributed by atoms with E-state index in [0.29, 0.717) is 0 Å². The maximum absolute atomic E-state index is 3.53. The lowest BCUT2D eigenvalue weighted by Gasteiger charge is -2.03. The fraction of sp³-hybridized carbons (Fsp3) is 0.500. The van der Waals surface area contributed by atoms with Crippen LogP contribution in [0.15, 0.2) is 28.7 Å². The normalized spacial score (nSPS) is 15.8. The van der Waals surface area contributed by atoms with Gasteiger partial charge in [-0.15, -0.1) is 0 Å². The van der Waals surface area contributed by atoms with Crippen molar-refractivity contribution in [3.63, 3.8) is 0 Å². The van der Waals surface area contributed by atoms with Crippen LogP contribution in [0, 0.1) is 0 Å². The van der Waals surface area contributed by atoms with Gasteiger partial charge in [-0.25, -0.2) is 0 Å². The molecular formula is C12H16BrN. The van der Waals surface area contributed by atoms with Crippen molar-refractivity contribution in [3.05, 3.63) is 34.3 Å². The molecule has 0 unspecified atom stereocenters. The molecule has 0 atom stereocenters. The van der Waals surface area contributed by atoms with E-state index in [1.165, 1.54) is 35.7 Å². The van der Waals surface area contributed by atoms with E-state index in [9.17, 15) is 0 Å². The van der Waals surface area contributed by atoms with Gasteiger partial charge in [0.15, 0.2) is 0 Å². The fourth-order valence-electron chi connectivity index (χ4n) is 1.58. The average molecular weight is 254 g/mol. The molecule has 1 nitrogen and oxygen atoms in total. The summed E-state index contributed by atoms with van der Waals surface area (Å²) in [6.45, 7) is 1.16. The summed E-state index contributed by atoms with van der Waals surface area (Å²) in [7, 11) is 0. The van der Waals surface area contributed by atoms with Crippen LogP contribution in [0.25, 0.3) is 0 Å². The van der Waals surface area contributed by atoms with E-state index < -0.39 is 0 Å². The Hall–Kier alpha value is -0.340. The van der Waals surface area contributed by atoms with Gasteiger partial charge in [0, 0.05) is 10.5 Å². The molecule has 1 aromatic rings. The van der Waals surface area contributed by atoms with Crippen LogP contribution in [-0.4, -0.2) is 12.6 Å². The molecular weight excluding hydrogens is 238 g/mol. The zero-order valence-corrected chi connectivity index (χ0v) is 9.89. The van der Waals surface area contributed by atoms with Crippen LogP contribution in [0.5, 0.6) is 0 Å². The van der Waals surface area contributed by atoms with Crippen molar-refractivity contribution in [2.45, 2.75) is 31.7 Å². The van der Waals surface area contributed by atoms with Gasteiger partial charge in [0.25, 0.3) is 0 Å². The largest absolute Gasteiger partial charge is 0.314 e. The molecule has 2 rings (SSSR count). The number of aryl methyl sites for hydroxylation is 1. The van der Waals surface area contributed by atoms with Gasteiger partial charge in [-0.05, 0) is 49.9 Å². The molecule has 1 aliphatic carbocycles. The van der Waals surface area contributed by atoms with Gasteiger partial charge in [-0.2, -0.15) is 0 Å². The van der Waals surface area contributed by atoms with E-state index in [2.05, 4.69) is 45.5 Å². The zero-order chi connectivity index (χ0) is 9.80. The predicted molar refractivity (Wildman–Crippen MR) is 63.5 cm³/mol. The summed E-state index contributed by atoms with van der Waals surface area (Å²) in [6, 6.07) is 9.43. The lowest BCUT2D eigenvalue weighted by atomic mass is 10.1. The summed E-state index contributed by atoms with van der Waals surface area (Å²) in [5, 5.41) is 3.53. The maximum atomic E-state index is 3.53. The molecule has 0 aliphatic heterocycles. The first kappa shape index (κ1) is 10.2. The van der Waals surface area contributed by atoms with E-state index >= 15 is 0 Å². The summed E-state index contributed by atoms with van der Waals surface area (Å²) in [6.07, 6.45) is 5.19. The Morgan fingerprint density at radius 1 is 1.36 bits per heavy atom. The van der Waals surface area contributed by atoms with Crippen LogP contribution in [-0.2, 0) is 6.42 Å². The number of nitrogens with one attached hydrogen (secondary N) is 1. The fourth-order valence-corrected chi connectivity index (χ4v) is 2.03. The van der Waals surface area contributed by atoms with Gasteiger partial charge in [0.2, 0.25) is 0 Å². The van der Waals surface area contributed by atoms with Crippen molar-refractivity contribution >= 4 is 15.9 Å². The van der Waals surface area contributed by atoms with Gasteiger partial charge in [-0.3, -0.25) is 0 Å². The van der Waals surface area contributed by atoms with Gasteiger partial charge < -0.3 is 5.32 Å². The molecule has 14 heavy (non-hydrogen) atoms. The highest BCUT2D eigenvalue weighted by atomic mass is 79.9. The highest BCUT2D eigenvalue weighted by Crippen LogP contribution is 2.18. The maximum Gasteiger partial charge on any atom is 0.0177 e. The number of halogens is 1. The summed E-state index contributed by atoms with van der Waals surface area (Å²) in [4.78, 5) is 0. The van der Waals surface area contributed by atoms with Gasteiger partial charge in [-0.1, -0.05) is 28.1 Å². The first-order valence-corrected chi connectivity index (χ1v) is 6.12. The summed E-state index contributed by atoms with van der Waals surface area (Å²) in [5.41, 5.74) is 1.43. The molecule has 1 saturated carbocycles. The third-order valence-corrected chi connectivity index (χ3v) is 3.03. The Bertz CT molecular complexity index is 294. The number of hydrogen-bond acceptors (Lipinski definition) is 1. The Kier molecular flexibility index (Phi) is 3.60. The van der Waals surface area contributed by atoms with Crippen LogP contribution >= 0.6 is 15.9 Å². The zero-order valence-electron chi connectivity index (χ0n) is 8.30. The van der Waals surface area contributed by atoms with Crippen LogP contribution < -0.4 is 5.32 Å². The highest BCUT2D eigenvalue weighted by Gasteiger charge is 2.19. The van der Waals surface area contributed by atoms with E-state index in [1.807, 2.05) is 0 Å². The molecule has 2 heteroatoms. The summed E-state index contributed by atoms with van der Waals surface area (Å²) < 4.78 is 1.19. The molecule has 1 aliphatic rings. The number of benzene rings is 1. The van der Waals surface area contributed by atoms with E-state index in [1.54, 1.807) is 0 Å². The second kappa shape index (κ2) is 4.94. The topological polar surface area (TPSA) is 12.0 Å². The molecule has 76 valence electrons. The predicted octanol–water partition coefficient (Wildman–Crippen LogP) is 3.13. The lowest BCUT2D eigenvalue weighted by molar-refractivity contribution is 0.645. The molecule has 0 aromatic heterocycles. The summed E-state index contributed by atoms with van der Waals surface area (Å²) >= 11 is 3.49. The molecule has 1 N–H and O–H groups in total. The smallest absolute Gasteiger partial charge is 0.0177 e. The Morgan fingerprint density at radius 2 is 2.21 bits per heavy atom. The highest BCUT2D eigenvalue weighted by molar-refractivity contribution is 9.10. The molecule has 0 saturated heterocycles. The van der Waals surface area contributed by atoms with E-state index in [0.717, 1.165) is 12.6 Å². The molecule has 0 heterocycles. The van der Waals surface area contributed by atoms with Crippen LogP contribution in [0.4, 0.5) is 0 Å². The van der Waals surface area contributed by atoms with E-state index in [-0.39, 0.29) is 0 Å². The van der Waals surface area contributed by atoms with Gasteiger partial charge in [0.05, 0.1) is 0 Å². The monoisotopic (exact) mass is 253 g/mol. The first-order chi connectivity index (χ1) is 6.84. The Labute approximate surface area is 94.0 Å². The van der Waals surface area contributed by atoms with Crippen molar-refractivity contribution < 1.29 is 0 Å². The number of hydrogen-bond donors (Lipinski definition) is 1. The van der Waals surface area contributed by atoms with E-state index in [4.69, 9.17) is 0 Å². The minimum absolute atomic E-state index is 0.845. The molecule has 1 fully saturated rings. The van der Waals surface area contributed by atoms with Crippen molar-refractivity contribution in [2.24, 2.45) is 0 Å². The van der Waals surface area contributed by atoms with Crippen molar-refractivity contribution in [3.8, 4) is 0 Å². The molecule has 0 spiro atoms. The van der Waals surface area contributed by atoms with Crippen LogP contribution in [0.1, 0.15) is 24.8 Å². The van der Waals surface area contributed by atoms with Gasteiger partial charge >= 0.3 is 0 Å². The minimum Gasteiger partial charge on any atom is -0.314 e. The quantitative estimate of drug-likeness (QED) is 0.796. The number of rotatable bonds is 5. The lowest BCUT2D eigenvalue weighted by Crippen LogP contribution is -2.17. The van der Waals surface area contributed by atoms with Crippen LogP contribution in [0.3, 0.4) is 0 Å². The molecule has 1 aromatic carbocycles. The standard InChI is InChI=1S/C12H16BrN/c13-11-5-1-3-10(9-11)4-2-8-14-12-6-7-12/h1,3,5,9,12,14H,2,4,6-8H2. The van der Waals surface area contributed by atoms with Crippen molar-refractivity contribution in [2.75, 3.05) is 6.54 Å². The van der Waals surface area contributed by atoms with Crippen LogP contribution in [0.2, 0.25) is 0 Å².